The fraction of sp³-hybridized carbons (Fsp3) is 0.500. The molecule has 0 amide bonds. The fourth-order valence-corrected chi connectivity index (χ4v) is 1.63. The second-order valence-corrected chi connectivity index (χ2v) is 3.81. The van der Waals surface area contributed by atoms with Crippen molar-refractivity contribution in [3.63, 3.8) is 0 Å². The highest BCUT2D eigenvalue weighted by atomic mass is 16.4. The summed E-state index contributed by atoms with van der Waals surface area (Å²) in [6, 6.07) is -2.36. The van der Waals surface area contributed by atoms with Crippen molar-refractivity contribution in [1.82, 2.24) is 4.57 Å². The van der Waals surface area contributed by atoms with E-state index in [1.165, 1.54) is 21.7 Å². The molecular weight excluding hydrogens is 244 g/mol. The topological polar surface area (TPSA) is 124 Å². The largest absolute Gasteiger partial charge is 0.478 e. The lowest BCUT2D eigenvalue weighted by molar-refractivity contribution is -0.712. The van der Waals surface area contributed by atoms with Crippen molar-refractivity contribution in [3.8, 4) is 0 Å². The Morgan fingerprint density at radius 2 is 1.89 bits per heavy atom. The van der Waals surface area contributed by atoms with Crippen LogP contribution in [0.25, 0.3) is 0 Å². The first-order chi connectivity index (χ1) is 8.42. The molecule has 2 unspecified atom stereocenters. The number of aliphatic carboxylic acids is 2. The molecular formula is C10H15N2O6+. The van der Waals surface area contributed by atoms with E-state index in [0.29, 0.717) is 5.69 Å². The van der Waals surface area contributed by atoms with Gasteiger partial charge in [-0.25, -0.2) is 18.7 Å². The van der Waals surface area contributed by atoms with Crippen LogP contribution < -0.4 is 4.57 Å². The van der Waals surface area contributed by atoms with Gasteiger partial charge in [-0.1, -0.05) is 0 Å². The third-order valence-corrected chi connectivity index (χ3v) is 2.61. The van der Waals surface area contributed by atoms with E-state index in [9.17, 15) is 9.59 Å². The van der Waals surface area contributed by atoms with E-state index in [-0.39, 0.29) is 0 Å². The minimum Gasteiger partial charge on any atom is -0.478 e. The Kier molecular flexibility index (Phi) is 4.40. The van der Waals surface area contributed by atoms with E-state index >= 15 is 0 Å². The molecule has 0 aliphatic heterocycles. The summed E-state index contributed by atoms with van der Waals surface area (Å²) in [7, 11) is 0. The number of hydrogen-bond donors (Lipinski definition) is 4. The maximum absolute atomic E-state index is 10.9. The predicted octanol–water partition coefficient (Wildman–Crippen LogP) is -1.68. The average Bonchev–Trinajstić information content (AvgIpc) is 2.61. The van der Waals surface area contributed by atoms with E-state index in [2.05, 4.69) is 0 Å². The van der Waals surface area contributed by atoms with Crippen LogP contribution in [0.1, 0.15) is 17.8 Å². The Bertz CT molecular complexity index is 455. The molecule has 100 valence electrons. The minimum atomic E-state index is -1.23. The summed E-state index contributed by atoms with van der Waals surface area (Å²) in [5.41, 5.74) is 0.469. The van der Waals surface area contributed by atoms with Gasteiger partial charge in [-0.3, -0.25) is 0 Å². The molecule has 8 heteroatoms. The van der Waals surface area contributed by atoms with Gasteiger partial charge in [0, 0.05) is 6.92 Å². The molecule has 0 saturated carbocycles. The molecule has 0 aliphatic rings. The van der Waals surface area contributed by atoms with Crippen molar-refractivity contribution in [3.05, 3.63) is 18.2 Å². The molecule has 0 aliphatic carbocycles. The van der Waals surface area contributed by atoms with Gasteiger partial charge in [0.15, 0.2) is 0 Å². The molecule has 1 heterocycles. The lowest BCUT2D eigenvalue weighted by Crippen LogP contribution is -2.44. The van der Waals surface area contributed by atoms with Gasteiger partial charge in [-0.2, -0.15) is 0 Å². The monoisotopic (exact) mass is 259 g/mol. The highest BCUT2D eigenvalue weighted by Gasteiger charge is 2.30. The van der Waals surface area contributed by atoms with Crippen LogP contribution in [0.15, 0.2) is 12.5 Å². The summed E-state index contributed by atoms with van der Waals surface area (Å²) in [6.07, 6.45) is 2.65. The predicted molar refractivity (Wildman–Crippen MR) is 56.9 cm³/mol. The molecule has 0 saturated heterocycles. The summed E-state index contributed by atoms with van der Waals surface area (Å²) < 4.78 is 2.44. The van der Waals surface area contributed by atoms with Crippen molar-refractivity contribution >= 4 is 11.9 Å². The zero-order valence-corrected chi connectivity index (χ0v) is 9.72. The van der Waals surface area contributed by atoms with E-state index in [0.717, 1.165) is 0 Å². The first kappa shape index (κ1) is 14.1. The van der Waals surface area contributed by atoms with Crippen LogP contribution >= 0.6 is 0 Å². The minimum absolute atomic E-state index is 0.469. The lowest BCUT2D eigenvalue weighted by Gasteiger charge is -2.06. The van der Waals surface area contributed by atoms with Crippen molar-refractivity contribution in [2.24, 2.45) is 0 Å². The van der Waals surface area contributed by atoms with Crippen LogP contribution in [0.3, 0.4) is 0 Å². The number of aliphatic hydroxyl groups excluding tert-OH is 2. The summed E-state index contributed by atoms with van der Waals surface area (Å²) in [6.45, 7) is 0.362. The van der Waals surface area contributed by atoms with Crippen molar-refractivity contribution < 1.29 is 34.6 Å². The quantitative estimate of drug-likeness (QED) is 0.452. The van der Waals surface area contributed by atoms with Gasteiger partial charge in [0.2, 0.25) is 18.4 Å². The maximum atomic E-state index is 10.9. The molecule has 1 aromatic heterocycles. The Hall–Kier alpha value is -1.93. The third-order valence-electron chi connectivity index (χ3n) is 2.61. The van der Waals surface area contributed by atoms with Crippen molar-refractivity contribution in [1.29, 1.82) is 0 Å². The molecule has 18 heavy (non-hydrogen) atoms. The second kappa shape index (κ2) is 5.61. The Labute approximate surface area is 102 Å². The van der Waals surface area contributed by atoms with Crippen LogP contribution in [-0.2, 0) is 9.59 Å². The van der Waals surface area contributed by atoms with E-state index in [1.54, 1.807) is 6.92 Å². The summed E-state index contributed by atoms with van der Waals surface area (Å²) in [4.78, 5) is 21.8. The zero-order valence-electron chi connectivity index (χ0n) is 9.72. The smallest absolute Gasteiger partial charge is 0.351 e. The van der Waals surface area contributed by atoms with Gasteiger partial charge in [0.25, 0.3) is 0 Å². The number of carboxylic acids is 2. The number of imidazole rings is 1. The Morgan fingerprint density at radius 1 is 1.28 bits per heavy atom. The molecule has 1 rings (SSSR count). The first-order valence-corrected chi connectivity index (χ1v) is 5.19. The van der Waals surface area contributed by atoms with Gasteiger partial charge in [0.05, 0.1) is 13.2 Å². The van der Waals surface area contributed by atoms with E-state index in [1.807, 2.05) is 0 Å². The molecule has 4 N–H and O–H groups in total. The number of aromatic nitrogens is 2. The van der Waals surface area contributed by atoms with E-state index < -0.39 is 37.2 Å². The van der Waals surface area contributed by atoms with Crippen molar-refractivity contribution in [2.75, 3.05) is 13.2 Å². The lowest BCUT2D eigenvalue weighted by atomic mass is 10.3. The van der Waals surface area contributed by atoms with Crippen LogP contribution in [-0.4, -0.2) is 50.1 Å². The number of rotatable bonds is 6. The summed E-state index contributed by atoms with van der Waals surface area (Å²) in [5.74, 6) is -2.45. The van der Waals surface area contributed by atoms with Gasteiger partial charge < -0.3 is 20.4 Å². The number of carboxylic acid groups (broad SMARTS) is 2. The molecule has 0 fully saturated rings. The summed E-state index contributed by atoms with van der Waals surface area (Å²) in [5, 5.41) is 35.8. The molecule has 0 radical (unpaired) electrons. The Morgan fingerprint density at radius 3 is 2.28 bits per heavy atom. The van der Waals surface area contributed by atoms with Gasteiger partial charge in [0.1, 0.15) is 11.9 Å². The number of hydrogen-bond acceptors (Lipinski definition) is 4. The third kappa shape index (κ3) is 2.66. The average molecular weight is 259 g/mol. The number of aryl methyl sites for hydroxylation is 1. The molecule has 0 aromatic carbocycles. The van der Waals surface area contributed by atoms with Gasteiger partial charge in [-0.15, -0.1) is 0 Å². The van der Waals surface area contributed by atoms with E-state index in [4.69, 9.17) is 20.4 Å². The molecule has 8 nitrogen and oxygen atoms in total. The standard InChI is InChI=1S/C10H14N2O6/c1-6-2-11(7(3-13)9(15)16)5-12(6)8(4-14)10(17)18/h2,5,7-8,13-14H,3-4H2,1H3,(H-,15,16,17,18)/p+1. The fourth-order valence-electron chi connectivity index (χ4n) is 1.63. The van der Waals surface area contributed by atoms with Crippen LogP contribution in [0, 0.1) is 6.92 Å². The normalized spacial score (nSPS) is 14.2. The zero-order chi connectivity index (χ0) is 13.9. The van der Waals surface area contributed by atoms with Gasteiger partial charge in [-0.05, 0) is 0 Å². The van der Waals surface area contributed by atoms with Crippen LogP contribution in [0.4, 0.5) is 0 Å². The number of carbonyl (C=O) groups is 2. The second-order valence-electron chi connectivity index (χ2n) is 3.81. The number of aliphatic hydroxyl groups is 2. The molecule has 0 spiro atoms. The Balaban J connectivity index is 3.15. The molecule has 2 atom stereocenters. The van der Waals surface area contributed by atoms with Crippen LogP contribution in [0.5, 0.6) is 0 Å². The summed E-state index contributed by atoms with van der Waals surface area (Å²) >= 11 is 0. The van der Waals surface area contributed by atoms with Crippen LogP contribution in [0.2, 0.25) is 0 Å². The molecule has 1 aromatic rings. The highest BCUT2D eigenvalue weighted by molar-refractivity contribution is 5.72. The van der Waals surface area contributed by atoms with Crippen molar-refractivity contribution in [2.45, 2.75) is 19.0 Å². The highest BCUT2D eigenvalue weighted by Crippen LogP contribution is 2.10. The number of nitrogens with zero attached hydrogens (tertiary/aromatic N) is 2. The van der Waals surface area contributed by atoms with Gasteiger partial charge >= 0.3 is 11.9 Å². The first-order valence-electron chi connectivity index (χ1n) is 5.19. The SMILES string of the molecule is Cc1c[n+](C(CO)C(=O)O)cn1C(CO)C(=O)O. The molecule has 0 bridgehead atoms. The maximum Gasteiger partial charge on any atom is 0.351 e.